The van der Waals surface area contributed by atoms with Gasteiger partial charge in [-0.3, -0.25) is 10.9 Å². The Bertz CT molecular complexity index is 407. The summed E-state index contributed by atoms with van der Waals surface area (Å²) < 4.78 is 0. The highest BCUT2D eigenvalue weighted by Crippen LogP contribution is 2.24. The Kier molecular flexibility index (Phi) is 3.74. The fraction of sp³-hybridized carbons (Fsp3) is 0.300. The van der Waals surface area contributed by atoms with Gasteiger partial charge >= 0.3 is 0 Å². The fourth-order valence-electron chi connectivity index (χ4n) is 1.16. The van der Waals surface area contributed by atoms with Gasteiger partial charge < -0.3 is 5.32 Å². The van der Waals surface area contributed by atoms with Gasteiger partial charge in [0.05, 0.1) is 10.7 Å². The molecule has 0 radical (unpaired) electrons. The summed E-state index contributed by atoms with van der Waals surface area (Å²) in [5.41, 5.74) is 6.54. The highest BCUT2D eigenvalue weighted by atomic mass is 35.5. The van der Waals surface area contributed by atoms with Crippen molar-refractivity contribution in [3.63, 3.8) is 0 Å². The first kappa shape index (κ1) is 11.8. The van der Waals surface area contributed by atoms with Crippen molar-refractivity contribution >= 4 is 46.2 Å². The van der Waals surface area contributed by atoms with Crippen molar-refractivity contribution in [1.29, 1.82) is 0 Å². The van der Waals surface area contributed by atoms with Crippen LogP contribution >= 0.6 is 35.4 Å². The zero-order valence-corrected chi connectivity index (χ0v) is 10.7. The molecule has 0 atom stereocenters. The Morgan fingerprint density at radius 2 is 2.06 bits per heavy atom. The second-order valence-electron chi connectivity index (χ2n) is 3.62. The molecule has 1 fully saturated rings. The van der Waals surface area contributed by atoms with E-state index in [1.807, 2.05) is 0 Å². The third-order valence-corrected chi connectivity index (χ3v) is 2.92. The van der Waals surface area contributed by atoms with E-state index in [0.717, 1.165) is 5.69 Å². The quantitative estimate of drug-likeness (QED) is 0.586. The smallest absolute Gasteiger partial charge is 0.185 e. The predicted molar refractivity (Wildman–Crippen MR) is 72.0 cm³/mol. The second-order valence-corrected chi connectivity index (χ2v) is 4.87. The number of halogens is 2. The largest absolute Gasteiger partial charge is 0.359 e. The summed E-state index contributed by atoms with van der Waals surface area (Å²) in [6.07, 6.45) is 2.37. The van der Waals surface area contributed by atoms with Crippen LogP contribution in [-0.2, 0) is 0 Å². The number of hydrogen-bond acceptors (Lipinski definition) is 2. The van der Waals surface area contributed by atoms with Crippen molar-refractivity contribution in [1.82, 2.24) is 10.7 Å². The minimum absolute atomic E-state index is 0.530. The molecule has 0 aliphatic heterocycles. The molecule has 0 heterocycles. The molecule has 86 valence electrons. The van der Waals surface area contributed by atoms with E-state index in [1.165, 1.54) is 12.8 Å². The van der Waals surface area contributed by atoms with Crippen molar-refractivity contribution in [3.8, 4) is 0 Å². The van der Waals surface area contributed by atoms with E-state index in [0.29, 0.717) is 21.2 Å². The highest BCUT2D eigenvalue weighted by Gasteiger charge is 2.21. The summed E-state index contributed by atoms with van der Waals surface area (Å²) in [6, 6.07) is 5.75. The molecule has 0 spiro atoms. The average molecular weight is 276 g/mol. The van der Waals surface area contributed by atoms with Crippen LogP contribution in [0.5, 0.6) is 0 Å². The van der Waals surface area contributed by atoms with E-state index in [-0.39, 0.29) is 0 Å². The van der Waals surface area contributed by atoms with Gasteiger partial charge in [0.15, 0.2) is 5.11 Å². The lowest BCUT2D eigenvalue weighted by atomic mass is 10.3. The van der Waals surface area contributed by atoms with E-state index in [9.17, 15) is 0 Å². The molecule has 0 aromatic heterocycles. The lowest BCUT2D eigenvalue weighted by Gasteiger charge is -2.12. The molecule has 0 amide bonds. The Hall–Kier alpha value is -0.710. The molecule has 0 bridgehead atoms. The van der Waals surface area contributed by atoms with Crippen LogP contribution in [0.1, 0.15) is 12.8 Å². The van der Waals surface area contributed by atoms with E-state index in [4.69, 9.17) is 35.4 Å². The number of nitrogens with one attached hydrogen (secondary N) is 3. The summed E-state index contributed by atoms with van der Waals surface area (Å²) in [6.45, 7) is 0. The molecule has 16 heavy (non-hydrogen) atoms. The maximum atomic E-state index is 5.98. The SMILES string of the molecule is S=C(NNc1ccc(Cl)cc1Cl)NC1CC1. The topological polar surface area (TPSA) is 36.1 Å². The van der Waals surface area contributed by atoms with Gasteiger partial charge in [-0.2, -0.15) is 0 Å². The van der Waals surface area contributed by atoms with Crippen LogP contribution in [0.25, 0.3) is 0 Å². The second kappa shape index (κ2) is 5.08. The van der Waals surface area contributed by atoms with Crippen LogP contribution in [0, 0.1) is 0 Å². The van der Waals surface area contributed by atoms with Gasteiger partial charge in [-0.1, -0.05) is 23.2 Å². The van der Waals surface area contributed by atoms with Gasteiger partial charge in [-0.25, -0.2) is 0 Å². The van der Waals surface area contributed by atoms with E-state index >= 15 is 0 Å². The molecular formula is C10H11Cl2N3S. The number of rotatable bonds is 3. The summed E-state index contributed by atoms with van der Waals surface area (Å²) in [4.78, 5) is 0. The van der Waals surface area contributed by atoms with E-state index in [2.05, 4.69) is 16.2 Å². The number of thiocarbonyl (C=S) groups is 1. The predicted octanol–water partition coefficient (Wildman–Crippen LogP) is 2.95. The van der Waals surface area contributed by atoms with Crippen LogP contribution in [0.4, 0.5) is 5.69 Å². The van der Waals surface area contributed by atoms with Gasteiger partial charge in [0.1, 0.15) is 0 Å². The third-order valence-electron chi connectivity index (χ3n) is 2.15. The minimum atomic E-state index is 0.530. The lowest BCUT2D eigenvalue weighted by molar-refractivity contribution is 0.880. The summed E-state index contributed by atoms with van der Waals surface area (Å²) in [7, 11) is 0. The molecule has 3 nitrogen and oxygen atoms in total. The zero-order valence-electron chi connectivity index (χ0n) is 8.39. The molecule has 1 aromatic rings. The fourth-order valence-corrected chi connectivity index (χ4v) is 1.84. The Morgan fingerprint density at radius 1 is 1.31 bits per heavy atom. The molecule has 1 aliphatic carbocycles. The van der Waals surface area contributed by atoms with Gasteiger partial charge in [0, 0.05) is 11.1 Å². The molecule has 6 heteroatoms. The molecular weight excluding hydrogens is 265 g/mol. The van der Waals surface area contributed by atoms with Crippen molar-refractivity contribution < 1.29 is 0 Å². The van der Waals surface area contributed by atoms with Crippen LogP contribution in [0.2, 0.25) is 10.0 Å². The van der Waals surface area contributed by atoms with Crippen LogP contribution in [0.15, 0.2) is 18.2 Å². The summed E-state index contributed by atoms with van der Waals surface area (Å²) in [5.74, 6) is 0. The van der Waals surface area contributed by atoms with Crippen molar-refractivity contribution in [2.75, 3.05) is 5.43 Å². The maximum Gasteiger partial charge on any atom is 0.185 e. The number of anilines is 1. The Balaban J connectivity index is 1.85. The Morgan fingerprint density at radius 3 is 2.69 bits per heavy atom. The molecule has 1 aliphatic rings. The molecule has 2 rings (SSSR count). The van der Waals surface area contributed by atoms with Gasteiger partial charge in [-0.15, -0.1) is 0 Å². The van der Waals surface area contributed by atoms with Crippen molar-refractivity contribution in [2.45, 2.75) is 18.9 Å². The maximum absolute atomic E-state index is 5.98. The first-order chi connectivity index (χ1) is 7.65. The average Bonchev–Trinajstić information content (AvgIpc) is 3.00. The lowest BCUT2D eigenvalue weighted by Crippen LogP contribution is -2.39. The minimum Gasteiger partial charge on any atom is -0.359 e. The number of benzene rings is 1. The molecule has 0 saturated heterocycles. The van der Waals surface area contributed by atoms with Crippen LogP contribution < -0.4 is 16.2 Å². The Labute approximate surface area is 109 Å². The first-order valence-corrected chi connectivity index (χ1v) is 6.09. The van der Waals surface area contributed by atoms with Gasteiger partial charge in [-0.05, 0) is 43.3 Å². The monoisotopic (exact) mass is 275 g/mol. The molecule has 0 unspecified atom stereocenters. The van der Waals surface area contributed by atoms with E-state index in [1.54, 1.807) is 18.2 Å². The summed E-state index contributed by atoms with van der Waals surface area (Å²) in [5, 5.41) is 4.88. The van der Waals surface area contributed by atoms with Crippen LogP contribution in [0.3, 0.4) is 0 Å². The molecule has 1 aromatic carbocycles. The number of hydrazine groups is 1. The van der Waals surface area contributed by atoms with Crippen LogP contribution in [-0.4, -0.2) is 11.2 Å². The molecule has 1 saturated carbocycles. The normalized spacial score (nSPS) is 14.4. The van der Waals surface area contributed by atoms with E-state index < -0.39 is 0 Å². The van der Waals surface area contributed by atoms with Crippen molar-refractivity contribution in [3.05, 3.63) is 28.2 Å². The third kappa shape index (κ3) is 3.40. The molecule has 3 N–H and O–H groups in total. The van der Waals surface area contributed by atoms with Crippen molar-refractivity contribution in [2.24, 2.45) is 0 Å². The first-order valence-electron chi connectivity index (χ1n) is 4.93. The van der Waals surface area contributed by atoms with Gasteiger partial charge in [0.25, 0.3) is 0 Å². The number of hydrogen-bond donors (Lipinski definition) is 3. The summed E-state index contributed by atoms with van der Waals surface area (Å²) >= 11 is 16.9. The van der Waals surface area contributed by atoms with Gasteiger partial charge in [0.2, 0.25) is 0 Å². The standard InChI is InChI=1S/C10H11Cl2N3S/c11-6-1-4-9(8(12)5-6)14-15-10(16)13-7-2-3-7/h1,4-5,7,14H,2-3H2,(H2,13,15,16). The highest BCUT2D eigenvalue weighted by molar-refractivity contribution is 7.80. The zero-order chi connectivity index (χ0) is 11.5.